The number of aromatic nitrogens is 2. The number of aryl methyl sites for hydroxylation is 2. The molecule has 2 amide bonds. The number of halogens is 1. The van der Waals surface area contributed by atoms with Crippen molar-refractivity contribution in [1.29, 1.82) is 0 Å². The summed E-state index contributed by atoms with van der Waals surface area (Å²) in [5.41, 5.74) is 4.30. The third-order valence-electron chi connectivity index (χ3n) is 6.21. The molecule has 1 aliphatic heterocycles. The molecule has 0 saturated carbocycles. The van der Waals surface area contributed by atoms with Crippen LogP contribution < -0.4 is 5.32 Å². The molecule has 0 aliphatic carbocycles. The topological polar surface area (TPSA) is 67.2 Å². The van der Waals surface area contributed by atoms with Crippen molar-refractivity contribution in [3.05, 3.63) is 93.8 Å². The summed E-state index contributed by atoms with van der Waals surface area (Å²) in [5.74, 6) is -0.115. The average molecular weight is 477 g/mol. The van der Waals surface area contributed by atoms with Gasteiger partial charge in [0.25, 0.3) is 5.91 Å². The van der Waals surface area contributed by atoms with Gasteiger partial charge in [0, 0.05) is 36.3 Å². The van der Waals surface area contributed by atoms with Gasteiger partial charge >= 0.3 is 0 Å². The van der Waals surface area contributed by atoms with Gasteiger partial charge < -0.3 is 10.2 Å². The average Bonchev–Trinajstić information content (AvgIpc) is 3.10. The summed E-state index contributed by atoms with van der Waals surface area (Å²) in [6, 6.07) is 17.6. The summed E-state index contributed by atoms with van der Waals surface area (Å²) in [4.78, 5) is 27.1. The van der Waals surface area contributed by atoms with Crippen LogP contribution >= 0.6 is 11.6 Å². The molecule has 2 heterocycles. The molecule has 0 radical (unpaired) electrons. The molecule has 1 fully saturated rings. The van der Waals surface area contributed by atoms with Gasteiger partial charge in [-0.25, -0.2) is 4.68 Å². The Morgan fingerprint density at radius 1 is 1.06 bits per heavy atom. The van der Waals surface area contributed by atoms with Gasteiger partial charge in [-0.2, -0.15) is 5.10 Å². The Bertz CT molecular complexity index is 1190. The van der Waals surface area contributed by atoms with Crippen LogP contribution in [0.4, 0.5) is 0 Å². The lowest BCUT2D eigenvalue weighted by atomic mass is 10.0. The van der Waals surface area contributed by atoms with Gasteiger partial charge in [0.1, 0.15) is 5.15 Å². The zero-order chi connectivity index (χ0) is 24.1. The molecule has 1 N–H and O–H groups in total. The molecule has 1 aliphatic rings. The van der Waals surface area contributed by atoms with Crippen LogP contribution in [0.5, 0.6) is 0 Å². The molecule has 1 saturated heterocycles. The Hall–Kier alpha value is -3.38. The lowest BCUT2D eigenvalue weighted by Gasteiger charge is -2.31. The lowest BCUT2D eigenvalue weighted by molar-refractivity contribution is -0.126. The third kappa shape index (κ3) is 5.57. The highest BCUT2D eigenvalue weighted by Crippen LogP contribution is 2.23. The second-order valence-corrected chi connectivity index (χ2v) is 9.01. The normalized spacial score (nSPS) is 14.5. The standard InChI is InChI=1S/C27H29ClN4O2/c1-19-8-6-7-11-23(19)27(34)29-22-14-16-31(17-15-22)25(33)13-12-24-20(2)30-32(26(24)28)18-21-9-4-3-5-10-21/h3-13,22H,14-18H2,1-2H3,(H,29,34)/b13-12+. The molecular weight excluding hydrogens is 448 g/mol. The van der Waals surface area contributed by atoms with Crippen molar-refractivity contribution in [2.24, 2.45) is 0 Å². The first kappa shape index (κ1) is 23.8. The minimum atomic E-state index is -0.0602. The highest BCUT2D eigenvalue weighted by molar-refractivity contribution is 6.31. The van der Waals surface area contributed by atoms with Crippen LogP contribution in [-0.2, 0) is 11.3 Å². The van der Waals surface area contributed by atoms with Crippen molar-refractivity contribution in [3.8, 4) is 0 Å². The molecule has 176 valence electrons. The van der Waals surface area contributed by atoms with Crippen LogP contribution in [-0.4, -0.2) is 45.6 Å². The molecule has 3 aromatic rings. The van der Waals surface area contributed by atoms with E-state index in [4.69, 9.17) is 11.6 Å². The van der Waals surface area contributed by atoms with Gasteiger partial charge in [0.2, 0.25) is 5.91 Å². The van der Waals surface area contributed by atoms with E-state index in [1.165, 1.54) is 0 Å². The summed E-state index contributed by atoms with van der Waals surface area (Å²) in [6.45, 7) is 5.59. The fourth-order valence-corrected chi connectivity index (χ4v) is 4.51. The predicted octanol–water partition coefficient (Wildman–Crippen LogP) is 4.64. The van der Waals surface area contributed by atoms with Crippen LogP contribution in [0.15, 0.2) is 60.7 Å². The number of nitrogens with zero attached hydrogens (tertiary/aromatic N) is 3. The van der Waals surface area contributed by atoms with Gasteiger partial charge in [-0.15, -0.1) is 0 Å². The van der Waals surface area contributed by atoms with Crippen molar-refractivity contribution in [3.63, 3.8) is 0 Å². The maximum atomic E-state index is 12.8. The van der Waals surface area contributed by atoms with Gasteiger partial charge in [-0.3, -0.25) is 9.59 Å². The quantitative estimate of drug-likeness (QED) is 0.527. The first-order chi connectivity index (χ1) is 16.4. The Labute approximate surface area is 205 Å². The Kier molecular flexibility index (Phi) is 7.48. The summed E-state index contributed by atoms with van der Waals surface area (Å²) in [6.07, 6.45) is 4.77. The zero-order valence-corrected chi connectivity index (χ0v) is 20.3. The Balaban J connectivity index is 1.32. The molecule has 0 unspecified atom stereocenters. The molecule has 0 bridgehead atoms. The van der Waals surface area contributed by atoms with Crippen LogP contribution in [0.3, 0.4) is 0 Å². The van der Waals surface area contributed by atoms with Gasteiger partial charge in [-0.1, -0.05) is 60.1 Å². The van der Waals surface area contributed by atoms with Gasteiger partial charge in [-0.05, 0) is 50.0 Å². The zero-order valence-electron chi connectivity index (χ0n) is 19.5. The lowest BCUT2D eigenvalue weighted by Crippen LogP contribution is -2.46. The van der Waals surface area contributed by atoms with Crippen molar-refractivity contribution in [2.75, 3.05) is 13.1 Å². The van der Waals surface area contributed by atoms with E-state index in [0.717, 1.165) is 35.2 Å². The first-order valence-corrected chi connectivity index (χ1v) is 11.9. The smallest absolute Gasteiger partial charge is 0.251 e. The molecule has 34 heavy (non-hydrogen) atoms. The van der Waals surface area contributed by atoms with Crippen molar-refractivity contribution >= 4 is 29.5 Å². The summed E-state index contributed by atoms with van der Waals surface area (Å²) in [7, 11) is 0. The Morgan fingerprint density at radius 3 is 2.44 bits per heavy atom. The molecule has 0 atom stereocenters. The van der Waals surface area contributed by atoms with Crippen molar-refractivity contribution in [2.45, 2.75) is 39.3 Å². The van der Waals surface area contributed by atoms with Crippen molar-refractivity contribution in [1.82, 2.24) is 20.0 Å². The second kappa shape index (κ2) is 10.7. The van der Waals surface area contributed by atoms with Gasteiger partial charge in [0.15, 0.2) is 0 Å². The van der Waals surface area contributed by atoms with Crippen LogP contribution in [0, 0.1) is 13.8 Å². The van der Waals surface area contributed by atoms with E-state index in [-0.39, 0.29) is 17.9 Å². The molecule has 7 heteroatoms. The largest absolute Gasteiger partial charge is 0.349 e. The SMILES string of the molecule is Cc1ccccc1C(=O)NC1CCN(C(=O)/C=C/c2c(C)nn(Cc3ccccc3)c2Cl)CC1. The second-order valence-electron chi connectivity index (χ2n) is 8.65. The summed E-state index contributed by atoms with van der Waals surface area (Å²) < 4.78 is 1.75. The monoisotopic (exact) mass is 476 g/mol. The van der Waals surface area contributed by atoms with E-state index in [9.17, 15) is 9.59 Å². The Morgan fingerprint density at radius 2 is 1.74 bits per heavy atom. The van der Waals surface area contributed by atoms with Crippen LogP contribution in [0.1, 0.15) is 45.6 Å². The predicted molar refractivity (Wildman–Crippen MR) is 135 cm³/mol. The molecule has 4 rings (SSSR count). The van der Waals surface area contributed by atoms with E-state index in [1.807, 2.05) is 73.3 Å². The van der Waals surface area contributed by atoms with E-state index in [1.54, 1.807) is 16.8 Å². The maximum absolute atomic E-state index is 12.8. The molecular formula is C27H29ClN4O2. The number of hydrogen-bond donors (Lipinski definition) is 1. The summed E-state index contributed by atoms with van der Waals surface area (Å²) in [5, 5.41) is 8.16. The number of amides is 2. The molecule has 1 aromatic heterocycles. The number of nitrogens with one attached hydrogen (secondary N) is 1. The molecule has 2 aromatic carbocycles. The number of likely N-dealkylation sites (tertiary alicyclic amines) is 1. The fraction of sp³-hybridized carbons (Fsp3) is 0.296. The highest BCUT2D eigenvalue weighted by atomic mass is 35.5. The summed E-state index contributed by atoms with van der Waals surface area (Å²) >= 11 is 6.56. The van der Waals surface area contributed by atoms with E-state index in [2.05, 4.69) is 10.4 Å². The number of carbonyl (C=O) groups is 2. The number of hydrogen-bond acceptors (Lipinski definition) is 3. The minimum absolute atomic E-state index is 0.0552. The van der Waals surface area contributed by atoms with E-state index >= 15 is 0 Å². The highest BCUT2D eigenvalue weighted by Gasteiger charge is 2.23. The number of piperidine rings is 1. The minimum Gasteiger partial charge on any atom is -0.349 e. The first-order valence-electron chi connectivity index (χ1n) is 11.5. The third-order valence-corrected chi connectivity index (χ3v) is 6.61. The van der Waals surface area contributed by atoms with Crippen LogP contribution in [0.25, 0.3) is 6.08 Å². The van der Waals surface area contributed by atoms with E-state index in [0.29, 0.717) is 30.4 Å². The maximum Gasteiger partial charge on any atom is 0.251 e. The van der Waals surface area contributed by atoms with Gasteiger partial charge in [0.05, 0.1) is 12.2 Å². The molecule has 0 spiro atoms. The number of rotatable bonds is 6. The fourth-order valence-electron chi connectivity index (χ4n) is 4.21. The number of benzene rings is 2. The van der Waals surface area contributed by atoms with Crippen LogP contribution in [0.2, 0.25) is 5.15 Å². The van der Waals surface area contributed by atoms with E-state index < -0.39 is 0 Å². The van der Waals surface area contributed by atoms with Crippen molar-refractivity contribution < 1.29 is 9.59 Å². The molecule has 6 nitrogen and oxygen atoms in total. The number of carbonyl (C=O) groups excluding carboxylic acids is 2.